The summed E-state index contributed by atoms with van der Waals surface area (Å²) in [5.74, 6) is 1.65. The van der Waals surface area contributed by atoms with E-state index < -0.39 is 0 Å². The number of furan rings is 1. The van der Waals surface area contributed by atoms with Crippen molar-refractivity contribution >= 4 is 11.9 Å². The smallest absolute Gasteiger partial charge is 0.287 e. The summed E-state index contributed by atoms with van der Waals surface area (Å²) in [5, 5.41) is 9.33. The molecule has 0 aliphatic heterocycles. The van der Waals surface area contributed by atoms with Crippen molar-refractivity contribution in [3.63, 3.8) is 0 Å². The first-order valence-corrected chi connectivity index (χ1v) is 7.07. The van der Waals surface area contributed by atoms with Crippen LogP contribution in [0, 0.1) is 5.92 Å². The molecule has 110 valence electrons. The standard InChI is InChI=1S/C14H22N4O2/c1-3-15-14(18-11-9-10(11)2)17-7-6-16-13(19)12-5-4-8-20-12/h4-5,8,10-11H,3,6-7,9H2,1-2H3,(H,16,19)(H2,15,17,18). The van der Waals surface area contributed by atoms with E-state index in [0.717, 1.165) is 18.4 Å². The number of carbonyl (C=O) groups excluding carboxylic acids is 1. The Morgan fingerprint density at radius 3 is 2.90 bits per heavy atom. The van der Waals surface area contributed by atoms with Crippen molar-refractivity contribution in [1.82, 2.24) is 16.0 Å². The van der Waals surface area contributed by atoms with Gasteiger partial charge in [-0.05, 0) is 31.4 Å². The van der Waals surface area contributed by atoms with Gasteiger partial charge in [0.1, 0.15) is 0 Å². The van der Waals surface area contributed by atoms with Crippen molar-refractivity contribution in [3.8, 4) is 0 Å². The largest absolute Gasteiger partial charge is 0.459 e. The van der Waals surface area contributed by atoms with Crippen LogP contribution in [-0.4, -0.2) is 37.5 Å². The highest BCUT2D eigenvalue weighted by Gasteiger charge is 2.33. The lowest BCUT2D eigenvalue weighted by molar-refractivity contribution is 0.0927. The van der Waals surface area contributed by atoms with Gasteiger partial charge < -0.3 is 20.4 Å². The molecule has 3 N–H and O–H groups in total. The third-order valence-electron chi connectivity index (χ3n) is 3.19. The molecule has 0 bridgehead atoms. The average molecular weight is 278 g/mol. The normalized spacial score (nSPS) is 21.4. The van der Waals surface area contributed by atoms with Crippen LogP contribution in [-0.2, 0) is 0 Å². The van der Waals surface area contributed by atoms with Gasteiger partial charge in [0.15, 0.2) is 11.7 Å². The summed E-state index contributed by atoms with van der Waals surface area (Å²) in [6.07, 6.45) is 2.68. The molecule has 6 nitrogen and oxygen atoms in total. The van der Waals surface area contributed by atoms with Gasteiger partial charge in [0.25, 0.3) is 5.91 Å². The molecule has 6 heteroatoms. The summed E-state index contributed by atoms with van der Waals surface area (Å²) in [6.45, 7) is 6.09. The zero-order chi connectivity index (χ0) is 14.4. The van der Waals surface area contributed by atoms with E-state index in [1.807, 2.05) is 6.92 Å². The molecule has 0 radical (unpaired) electrons. The van der Waals surface area contributed by atoms with Crippen LogP contribution >= 0.6 is 0 Å². The number of rotatable bonds is 6. The van der Waals surface area contributed by atoms with Crippen LogP contribution in [0.3, 0.4) is 0 Å². The van der Waals surface area contributed by atoms with Crippen LogP contribution in [0.15, 0.2) is 27.8 Å². The van der Waals surface area contributed by atoms with Crippen LogP contribution in [0.1, 0.15) is 30.8 Å². The van der Waals surface area contributed by atoms with Gasteiger partial charge in [-0.3, -0.25) is 9.79 Å². The molecule has 0 spiro atoms. The first-order valence-electron chi connectivity index (χ1n) is 7.07. The minimum absolute atomic E-state index is 0.209. The molecule has 1 heterocycles. The van der Waals surface area contributed by atoms with Crippen LogP contribution < -0.4 is 16.0 Å². The maximum absolute atomic E-state index is 11.6. The Balaban J connectivity index is 1.71. The van der Waals surface area contributed by atoms with Crippen molar-refractivity contribution in [3.05, 3.63) is 24.2 Å². The number of guanidine groups is 1. The van der Waals surface area contributed by atoms with Crippen molar-refractivity contribution in [2.24, 2.45) is 10.9 Å². The summed E-state index contributed by atoms with van der Waals surface area (Å²) in [5.41, 5.74) is 0. The zero-order valence-corrected chi connectivity index (χ0v) is 12.0. The molecule has 1 saturated carbocycles. The molecular formula is C14H22N4O2. The predicted molar refractivity (Wildman–Crippen MR) is 77.7 cm³/mol. The number of carbonyl (C=O) groups is 1. The Hall–Kier alpha value is -1.98. The van der Waals surface area contributed by atoms with E-state index in [-0.39, 0.29) is 5.91 Å². The lowest BCUT2D eigenvalue weighted by atomic mass is 10.4. The second-order valence-corrected chi connectivity index (χ2v) is 4.96. The van der Waals surface area contributed by atoms with Crippen LogP contribution in [0.25, 0.3) is 0 Å². The third kappa shape index (κ3) is 4.29. The second kappa shape index (κ2) is 6.98. The van der Waals surface area contributed by atoms with Crippen molar-refractivity contribution < 1.29 is 9.21 Å². The molecule has 1 amide bonds. The maximum Gasteiger partial charge on any atom is 0.287 e. The molecule has 1 aliphatic rings. The Bertz CT molecular complexity index is 456. The van der Waals surface area contributed by atoms with Gasteiger partial charge in [-0.1, -0.05) is 6.92 Å². The van der Waals surface area contributed by atoms with Gasteiger partial charge in [-0.15, -0.1) is 0 Å². The van der Waals surface area contributed by atoms with Gasteiger partial charge in [0.05, 0.1) is 12.8 Å². The fraction of sp³-hybridized carbons (Fsp3) is 0.571. The lowest BCUT2D eigenvalue weighted by Crippen LogP contribution is -2.39. The highest BCUT2D eigenvalue weighted by molar-refractivity contribution is 5.91. The van der Waals surface area contributed by atoms with Crippen LogP contribution in [0.5, 0.6) is 0 Å². The number of aliphatic imine (C=N–C) groups is 1. The molecule has 0 aromatic carbocycles. The number of nitrogens with one attached hydrogen (secondary N) is 3. The Morgan fingerprint density at radius 1 is 1.50 bits per heavy atom. The molecular weight excluding hydrogens is 256 g/mol. The number of amides is 1. The van der Waals surface area contributed by atoms with Crippen LogP contribution in [0.4, 0.5) is 0 Å². The molecule has 1 aromatic rings. The van der Waals surface area contributed by atoms with E-state index in [1.165, 1.54) is 12.7 Å². The SMILES string of the molecule is CCNC(=NCCNC(=O)c1ccco1)NC1CC1C. The van der Waals surface area contributed by atoms with Gasteiger partial charge in [0.2, 0.25) is 0 Å². The minimum atomic E-state index is -0.209. The molecule has 2 atom stereocenters. The Labute approximate surface area is 119 Å². The molecule has 0 saturated heterocycles. The fourth-order valence-corrected chi connectivity index (χ4v) is 1.85. The molecule has 2 rings (SSSR count). The highest BCUT2D eigenvalue weighted by atomic mass is 16.3. The topological polar surface area (TPSA) is 78.7 Å². The second-order valence-electron chi connectivity index (χ2n) is 4.96. The highest BCUT2D eigenvalue weighted by Crippen LogP contribution is 2.28. The van der Waals surface area contributed by atoms with E-state index >= 15 is 0 Å². The van der Waals surface area contributed by atoms with Crippen molar-refractivity contribution in [1.29, 1.82) is 0 Å². The molecule has 1 fully saturated rings. The molecule has 2 unspecified atom stereocenters. The third-order valence-corrected chi connectivity index (χ3v) is 3.19. The molecule has 20 heavy (non-hydrogen) atoms. The summed E-state index contributed by atoms with van der Waals surface area (Å²) in [6, 6.07) is 3.86. The summed E-state index contributed by atoms with van der Waals surface area (Å²) in [7, 11) is 0. The first-order chi connectivity index (χ1) is 9.70. The van der Waals surface area contributed by atoms with Gasteiger partial charge >= 0.3 is 0 Å². The maximum atomic E-state index is 11.6. The number of hydrogen-bond donors (Lipinski definition) is 3. The molecule has 1 aliphatic carbocycles. The summed E-state index contributed by atoms with van der Waals surface area (Å²) < 4.78 is 5.01. The quantitative estimate of drug-likeness (QED) is 0.412. The number of hydrogen-bond acceptors (Lipinski definition) is 3. The monoisotopic (exact) mass is 278 g/mol. The van der Waals surface area contributed by atoms with E-state index in [9.17, 15) is 4.79 Å². The first kappa shape index (κ1) is 14.4. The summed E-state index contributed by atoms with van der Waals surface area (Å²) >= 11 is 0. The van der Waals surface area contributed by atoms with Gasteiger partial charge in [0, 0.05) is 19.1 Å². The van der Waals surface area contributed by atoms with E-state index in [0.29, 0.717) is 24.9 Å². The molecule has 1 aromatic heterocycles. The van der Waals surface area contributed by atoms with Gasteiger partial charge in [-0.25, -0.2) is 0 Å². The zero-order valence-electron chi connectivity index (χ0n) is 12.0. The number of nitrogens with zero attached hydrogens (tertiary/aromatic N) is 1. The average Bonchev–Trinajstić information content (AvgIpc) is 2.94. The van der Waals surface area contributed by atoms with Gasteiger partial charge in [-0.2, -0.15) is 0 Å². The minimum Gasteiger partial charge on any atom is -0.459 e. The van der Waals surface area contributed by atoms with Crippen molar-refractivity contribution in [2.45, 2.75) is 26.3 Å². The van der Waals surface area contributed by atoms with E-state index in [4.69, 9.17) is 4.42 Å². The Kier molecular flexibility index (Phi) is 5.03. The van der Waals surface area contributed by atoms with Crippen molar-refractivity contribution in [2.75, 3.05) is 19.6 Å². The lowest BCUT2D eigenvalue weighted by Gasteiger charge is -2.10. The van der Waals surface area contributed by atoms with Crippen LogP contribution in [0.2, 0.25) is 0 Å². The fourth-order valence-electron chi connectivity index (χ4n) is 1.85. The Morgan fingerprint density at radius 2 is 2.30 bits per heavy atom. The summed E-state index contributed by atoms with van der Waals surface area (Å²) in [4.78, 5) is 16.1. The predicted octanol–water partition coefficient (Wildman–Crippen LogP) is 0.973. The van der Waals surface area contributed by atoms with E-state index in [1.54, 1.807) is 12.1 Å². The van der Waals surface area contributed by atoms with E-state index in [2.05, 4.69) is 27.9 Å².